The van der Waals surface area contributed by atoms with E-state index in [-0.39, 0.29) is 24.0 Å². The van der Waals surface area contributed by atoms with Gasteiger partial charge in [-0.1, -0.05) is 0 Å². The second-order valence-electron chi connectivity index (χ2n) is 8.16. The smallest absolute Gasteiger partial charge is 0.191 e. The minimum absolute atomic E-state index is 0. The summed E-state index contributed by atoms with van der Waals surface area (Å²) in [6.45, 7) is 6.67. The first-order valence-electron chi connectivity index (χ1n) is 11.8. The number of hydrogen-bond acceptors (Lipinski definition) is 5. The van der Waals surface area contributed by atoms with Crippen molar-refractivity contribution in [3.05, 3.63) is 23.8 Å². The fourth-order valence-electron chi connectivity index (χ4n) is 3.97. The first-order chi connectivity index (χ1) is 15.3. The molecule has 32 heavy (non-hydrogen) atoms. The van der Waals surface area contributed by atoms with Crippen LogP contribution >= 0.6 is 24.0 Å². The summed E-state index contributed by atoms with van der Waals surface area (Å²) in [6.07, 6.45) is 8.35. The zero-order valence-electron chi connectivity index (χ0n) is 19.6. The lowest BCUT2D eigenvalue weighted by molar-refractivity contribution is -0.0320. The number of benzene rings is 1. The molecule has 7 nitrogen and oxygen atoms in total. The van der Waals surface area contributed by atoms with Gasteiger partial charge in [0.2, 0.25) is 0 Å². The molecule has 1 heterocycles. The van der Waals surface area contributed by atoms with Gasteiger partial charge in [-0.25, -0.2) is 4.99 Å². The van der Waals surface area contributed by atoms with E-state index in [0.29, 0.717) is 18.8 Å². The maximum absolute atomic E-state index is 6.30. The van der Waals surface area contributed by atoms with Gasteiger partial charge in [-0.15, -0.1) is 24.0 Å². The van der Waals surface area contributed by atoms with E-state index in [1.165, 1.54) is 12.8 Å². The van der Waals surface area contributed by atoms with Gasteiger partial charge < -0.3 is 29.6 Å². The number of guanidine groups is 1. The molecule has 1 aromatic rings. The van der Waals surface area contributed by atoms with Crippen LogP contribution in [0.3, 0.4) is 0 Å². The van der Waals surface area contributed by atoms with Crippen molar-refractivity contribution in [2.45, 2.75) is 70.6 Å². The quantitative estimate of drug-likeness (QED) is 0.182. The predicted octanol–water partition coefficient (Wildman–Crippen LogP) is 4.28. The van der Waals surface area contributed by atoms with Crippen LogP contribution in [0.4, 0.5) is 0 Å². The minimum Gasteiger partial charge on any atom is -0.497 e. The Morgan fingerprint density at radius 1 is 1.09 bits per heavy atom. The largest absolute Gasteiger partial charge is 0.497 e. The van der Waals surface area contributed by atoms with Gasteiger partial charge in [-0.3, -0.25) is 0 Å². The highest BCUT2D eigenvalue weighted by Crippen LogP contribution is 2.30. The summed E-state index contributed by atoms with van der Waals surface area (Å²) in [4.78, 5) is 4.78. The molecule has 0 spiro atoms. The van der Waals surface area contributed by atoms with Gasteiger partial charge in [-0.2, -0.15) is 0 Å². The maximum Gasteiger partial charge on any atom is 0.191 e. The Labute approximate surface area is 210 Å². The van der Waals surface area contributed by atoms with Crippen molar-refractivity contribution in [3.63, 3.8) is 0 Å². The fraction of sp³-hybridized carbons (Fsp3) is 0.708. The Hall–Kier alpha value is -1.26. The molecule has 0 bridgehead atoms. The van der Waals surface area contributed by atoms with Gasteiger partial charge in [0.25, 0.3) is 0 Å². The molecular formula is C24H40IN3O4. The Morgan fingerprint density at radius 2 is 1.88 bits per heavy atom. The molecule has 0 unspecified atom stereocenters. The van der Waals surface area contributed by atoms with E-state index in [4.69, 9.17) is 23.9 Å². The Morgan fingerprint density at radius 3 is 2.59 bits per heavy atom. The normalized spacial score (nSPS) is 17.6. The summed E-state index contributed by atoms with van der Waals surface area (Å²) >= 11 is 0. The second kappa shape index (κ2) is 15.6. The Kier molecular flexibility index (Phi) is 13.1. The van der Waals surface area contributed by atoms with Gasteiger partial charge in [-0.05, 0) is 64.0 Å². The zero-order chi connectivity index (χ0) is 21.7. The predicted molar refractivity (Wildman–Crippen MR) is 139 cm³/mol. The molecule has 0 radical (unpaired) electrons. The highest BCUT2D eigenvalue weighted by Gasteiger charge is 2.18. The van der Waals surface area contributed by atoms with Crippen molar-refractivity contribution in [2.75, 3.05) is 40.0 Å². The average molecular weight is 562 g/mol. The van der Waals surface area contributed by atoms with E-state index in [1.807, 2.05) is 12.1 Å². The third-order valence-corrected chi connectivity index (χ3v) is 5.76. The van der Waals surface area contributed by atoms with Gasteiger partial charge >= 0.3 is 0 Å². The van der Waals surface area contributed by atoms with Crippen molar-refractivity contribution < 1.29 is 18.9 Å². The van der Waals surface area contributed by atoms with Crippen LogP contribution < -0.4 is 20.1 Å². The van der Waals surface area contributed by atoms with Crippen molar-refractivity contribution in [3.8, 4) is 11.5 Å². The number of methoxy groups -OCH3 is 1. The summed E-state index contributed by atoms with van der Waals surface area (Å²) in [5.41, 5.74) is 1.08. The molecule has 0 amide bonds. The van der Waals surface area contributed by atoms with Crippen molar-refractivity contribution in [2.24, 2.45) is 4.99 Å². The van der Waals surface area contributed by atoms with Crippen LogP contribution in [0.1, 0.15) is 57.4 Å². The number of nitrogens with zero attached hydrogens (tertiary/aromatic N) is 1. The van der Waals surface area contributed by atoms with Crippen LogP contribution in [-0.2, 0) is 16.0 Å². The summed E-state index contributed by atoms with van der Waals surface area (Å²) in [5.74, 6) is 2.52. The van der Waals surface area contributed by atoms with Crippen LogP contribution in [-0.4, -0.2) is 58.2 Å². The molecule has 3 rings (SSSR count). The minimum atomic E-state index is 0. The van der Waals surface area contributed by atoms with Gasteiger partial charge in [0.15, 0.2) is 5.96 Å². The van der Waals surface area contributed by atoms with Crippen LogP contribution in [0.25, 0.3) is 0 Å². The Bertz CT molecular complexity index is 677. The average Bonchev–Trinajstić information content (AvgIpc) is 3.31. The molecule has 182 valence electrons. The van der Waals surface area contributed by atoms with Gasteiger partial charge in [0, 0.05) is 44.5 Å². The number of ether oxygens (including phenoxy) is 4. The standard InChI is InChI=1S/C24H39N3O4.HI/c1-3-25-24(26-13-6-14-30-20-11-15-29-16-12-20)27-18-19-9-10-22(28-2)17-23(19)31-21-7-4-5-8-21;/h9-10,17,20-21H,3-8,11-16,18H2,1-2H3,(H2,25,26,27);1H. The van der Waals surface area contributed by atoms with E-state index in [0.717, 1.165) is 88.0 Å². The summed E-state index contributed by atoms with van der Waals surface area (Å²) in [6, 6.07) is 6.01. The molecule has 1 aliphatic heterocycles. The zero-order valence-corrected chi connectivity index (χ0v) is 21.9. The number of rotatable bonds is 11. The van der Waals surface area contributed by atoms with Crippen molar-refractivity contribution in [1.82, 2.24) is 10.6 Å². The summed E-state index contributed by atoms with van der Waals surface area (Å²) in [7, 11) is 1.69. The molecule has 2 aliphatic rings. The first-order valence-corrected chi connectivity index (χ1v) is 11.8. The number of hydrogen-bond donors (Lipinski definition) is 2. The number of halogens is 1. The first kappa shape index (κ1) is 27.0. The van der Waals surface area contributed by atoms with E-state index in [1.54, 1.807) is 7.11 Å². The molecule has 0 aromatic heterocycles. The molecular weight excluding hydrogens is 521 g/mol. The molecule has 1 aromatic carbocycles. The van der Waals surface area contributed by atoms with Crippen LogP contribution in [0.5, 0.6) is 11.5 Å². The third kappa shape index (κ3) is 9.31. The molecule has 1 saturated carbocycles. The third-order valence-electron chi connectivity index (χ3n) is 5.76. The topological polar surface area (TPSA) is 73.3 Å². The van der Waals surface area contributed by atoms with Crippen molar-refractivity contribution in [1.29, 1.82) is 0 Å². The van der Waals surface area contributed by atoms with E-state index < -0.39 is 0 Å². The van der Waals surface area contributed by atoms with Crippen LogP contribution in [0.15, 0.2) is 23.2 Å². The highest BCUT2D eigenvalue weighted by molar-refractivity contribution is 14.0. The van der Waals surface area contributed by atoms with Gasteiger partial charge in [0.05, 0.1) is 25.9 Å². The molecule has 0 atom stereocenters. The monoisotopic (exact) mass is 561 g/mol. The lowest BCUT2D eigenvalue weighted by atomic mass is 10.1. The number of aliphatic imine (C=N–C) groups is 1. The summed E-state index contributed by atoms with van der Waals surface area (Å²) < 4.78 is 23.0. The molecule has 2 N–H and O–H groups in total. The number of nitrogens with one attached hydrogen (secondary N) is 2. The molecule has 1 aliphatic carbocycles. The molecule has 2 fully saturated rings. The maximum atomic E-state index is 6.30. The van der Waals surface area contributed by atoms with Gasteiger partial charge in [0.1, 0.15) is 11.5 Å². The lowest BCUT2D eigenvalue weighted by Gasteiger charge is -2.22. The molecule has 8 heteroatoms. The van der Waals surface area contributed by atoms with Crippen molar-refractivity contribution >= 4 is 29.9 Å². The fourth-order valence-corrected chi connectivity index (χ4v) is 3.97. The second-order valence-corrected chi connectivity index (χ2v) is 8.16. The lowest BCUT2D eigenvalue weighted by Crippen LogP contribution is -2.38. The summed E-state index contributed by atoms with van der Waals surface area (Å²) in [5, 5.41) is 6.74. The van der Waals surface area contributed by atoms with Crippen LogP contribution in [0, 0.1) is 0 Å². The van der Waals surface area contributed by atoms with E-state index in [2.05, 4.69) is 23.6 Å². The van der Waals surface area contributed by atoms with E-state index >= 15 is 0 Å². The molecule has 1 saturated heterocycles. The SMILES string of the molecule is CCNC(=NCc1ccc(OC)cc1OC1CCCC1)NCCCOC1CCOCC1.I. The highest BCUT2D eigenvalue weighted by atomic mass is 127. The van der Waals surface area contributed by atoms with E-state index in [9.17, 15) is 0 Å². The Balaban J connectivity index is 0.00000363. The van der Waals surface area contributed by atoms with Crippen LogP contribution in [0.2, 0.25) is 0 Å².